The van der Waals surface area contributed by atoms with Gasteiger partial charge in [-0.25, -0.2) is 0 Å². The van der Waals surface area contributed by atoms with E-state index >= 15 is 0 Å². The molecule has 1 aromatic heterocycles. The molecule has 2 bridgehead atoms. The van der Waals surface area contributed by atoms with Crippen LogP contribution in [-0.2, 0) is 11.8 Å². The number of hydrogen-bond acceptors (Lipinski definition) is 3. The first kappa shape index (κ1) is 17.5. The lowest BCUT2D eigenvalue weighted by Crippen LogP contribution is -2.41. The Bertz CT molecular complexity index is 770. The zero-order valence-corrected chi connectivity index (χ0v) is 14.8. The summed E-state index contributed by atoms with van der Waals surface area (Å²) in [6, 6.07) is 8.70. The Kier molecular flexibility index (Phi) is 5.08. The highest BCUT2D eigenvalue weighted by Crippen LogP contribution is 2.29. The van der Waals surface area contributed by atoms with Gasteiger partial charge in [-0.05, 0) is 31.9 Å². The van der Waals surface area contributed by atoms with Crippen molar-refractivity contribution in [3.8, 4) is 0 Å². The minimum absolute atomic E-state index is 0.198. The van der Waals surface area contributed by atoms with Crippen molar-refractivity contribution in [2.75, 3.05) is 26.7 Å². The summed E-state index contributed by atoms with van der Waals surface area (Å²) in [5, 5.41) is 7.96. The van der Waals surface area contributed by atoms with E-state index in [0.717, 1.165) is 36.1 Å². The lowest BCUT2D eigenvalue weighted by Gasteiger charge is -2.32. The first-order valence-corrected chi connectivity index (χ1v) is 8.66. The van der Waals surface area contributed by atoms with E-state index in [1.807, 2.05) is 25.4 Å². The maximum atomic E-state index is 13.1. The molecule has 6 nitrogen and oxygen atoms in total. The predicted molar refractivity (Wildman–Crippen MR) is 96.7 cm³/mol. The molecule has 3 saturated heterocycles. The van der Waals surface area contributed by atoms with Crippen LogP contribution < -0.4 is 0 Å². The van der Waals surface area contributed by atoms with Gasteiger partial charge in [-0.1, -0.05) is 18.2 Å². The quantitative estimate of drug-likeness (QED) is 0.805. The van der Waals surface area contributed by atoms with E-state index in [-0.39, 0.29) is 12.4 Å². The molecule has 2 aromatic rings. The van der Waals surface area contributed by atoms with Crippen LogP contribution in [0.3, 0.4) is 0 Å². The molecule has 1 aromatic carbocycles. The van der Waals surface area contributed by atoms with E-state index in [2.05, 4.69) is 33.5 Å². The van der Waals surface area contributed by atoms with Crippen LogP contribution in [0.4, 0.5) is 0 Å². The van der Waals surface area contributed by atoms with Crippen LogP contribution in [0.15, 0.2) is 30.5 Å². The molecule has 1 N–H and O–H groups in total. The molecule has 0 radical (unpaired) electrons. The van der Waals surface area contributed by atoms with Gasteiger partial charge < -0.3 is 19.5 Å². The molecular weight excluding hydrogens is 318 g/mol. The van der Waals surface area contributed by atoms with Gasteiger partial charge in [-0.2, -0.15) is 0 Å². The average molecular weight is 343 g/mol. The fourth-order valence-corrected chi connectivity index (χ4v) is 4.16. The summed E-state index contributed by atoms with van der Waals surface area (Å²) in [7, 11) is 4.21. The molecule has 25 heavy (non-hydrogen) atoms. The topological polar surface area (TPSA) is 65.8 Å². The van der Waals surface area contributed by atoms with Crippen molar-refractivity contribution in [3.63, 3.8) is 0 Å². The van der Waals surface area contributed by atoms with E-state index in [1.165, 1.54) is 12.8 Å². The van der Waals surface area contributed by atoms with E-state index in [1.54, 1.807) is 0 Å². The zero-order valence-electron chi connectivity index (χ0n) is 14.8. The largest absolute Gasteiger partial charge is 0.483 e. The van der Waals surface area contributed by atoms with Gasteiger partial charge in [0.1, 0.15) is 0 Å². The molecule has 3 fully saturated rings. The number of carbonyl (C=O) groups is 2. The highest BCUT2D eigenvalue weighted by atomic mass is 16.3. The number of carboxylic acid groups (broad SMARTS) is 1. The molecule has 0 aliphatic carbocycles. The van der Waals surface area contributed by atoms with Crippen LogP contribution in [0.2, 0.25) is 0 Å². The van der Waals surface area contributed by atoms with Gasteiger partial charge >= 0.3 is 0 Å². The number of rotatable bonds is 1. The number of hydrogen-bond donors (Lipinski definition) is 1. The third-order valence-corrected chi connectivity index (χ3v) is 5.40. The Balaban J connectivity index is 0.000000569. The summed E-state index contributed by atoms with van der Waals surface area (Å²) < 4.78 is 2.06. The van der Waals surface area contributed by atoms with Gasteiger partial charge in [0.05, 0.1) is 5.56 Å². The number of fused-ring (bicyclic) bond motifs is 5. The number of carbonyl (C=O) groups excluding carboxylic acids is 1. The summed E-state index contributed by atoms with van der Waals surface area (Å²) in [6.07, 6.45) is 4.47. The molecule has 3 aliphatic rings. The first-order valence-electron chi connectivity index (χ1n) is 8.66. The van der Waals surface area contributed by atoms with Crippen LogP contribution in [-0.4, -0.2) is 64.6 Å². The molecule has 134 valence electrons. The average Bonchev–Trinajstić information content (AvgIpc) is 2.75. The molecule has 0 saturated carbocycles. The molecule has 0 spiro atoms. The molecule has 2 atom stereocenters. The monoisotopic (exact) mass is 343 g/mol. The van der Waals surface area contributed by atoms with Crippen molar-refractivity contribution >= 4 is 23.3 Å². The molecular formula is C19H25N3O3. The second-order valence-corrected chi connectivity index (χ2v) is 7.02. The summed E-state index contributed by atoms with van der Waals surface area (Å²) >= 11 is 0. The summed E-state index contributed by atoms with van der Waals surface area (Å²) in [5.74, 6) is 0.826. The third kappa shape index (κ3) is 3.39. The molecule has 5 rings (SSSR count). The van der Waals surface area contributed by atoms with Crippen LogP contribution in [0.1, 0.15) is 23.2 Å². The zero-order chi connectivity index (χ0) is 18.0. The Hall–Kier alpha value is -2.34. The number of para-hydroxylation sites is 1. The van der Waals surface area contributed by atoms with Crippen LogP contribution >= 0.6 is 0 Å². The Labute approximate surface area is 147 Å². The Morgan fingerprint density at radius 3 is 2.60 bits per heavy atom. The molecule has 3 aliphatic heterocycles. The van der Waals surface area contributed by atoms with E-state index in [4.69, 9.17) is 9.90 Å². The maximum Gasteiger partial charge on any atom is 0.290 e. The number of benzene rings is 1. The normalized spacial score (nSPS) is 23.0. The van der Waals surface area contributed by atoms with Crippen molar-refractivity contribution in [2.24, 2.45) is 13.0 Å². The standard InChI is InChI=1S/C18H23N3O.CH2O2/c1-19-9-13-7-8-14(19)11-21(10-13)18(22)16-12-20(2)17-6-4-3-5-15(16)17;2-1-3/h3-6,12-14H,7-11H2,1-2H3;1H,(H,2,3)/t13-,14-;/m0./s1. The lowest BCUT2D eigenvalue weighted by atomic mass is 9.96. The Morgan fingerprint density at radius 1 is 1.16 bits per heavy atom. The number of piperidine rings is 1. The van der Waals surface area contributed by atoms with Crippen LogP contribution in [0.5, 0.6) is 0 Å². The minimum atomic E-state index is -0.250. The first-order chi connectivity index (χ1) is 12.0. The molecule has 0 unspecified atom stereocenters. The molecule has 6 heteroatoms. The number of aryl methyl sites for hydroxylation is 1. The van der Waals surface area contributed by atoms with E-state index in [9.17, 15) is 4.79 Å². The smallest absolute Gasteiger partial charge is 0.290 e. The predicted octanol–water partition coefficient (Wildman–Crippen LogP) is 2.05. The molecule has 1 amide bonds. The highest BCUT2D eigenvalue weighted by molar-refractivity contribution is 6.07. The van der Waals surface area contributed by atoms with Crippen LogP contribution in [0, 0.1) is 5.92 Å². The fourth-order valence-electron chi connectivity index (χ4n) is 4.16. The van der Waals surface area contributed by atoms with E-state index in [0.29, 0.717) is 12.0 Å². The summed E-state index contributed by atoms with van der Waals surface area (Å²) in [5.41, 5.74) is 1.97. The van der Waals surface area contributed by atoms with Gasteiger partial charge in [0, 0.05) is 49.8 Å². The number of aromatic nitrogens is 1. The maximum absolute atomic E-state index is 13.1. The lowest BCUT2D eigenvalue weighted by molar-refractivity contribution is -0.122. The van der Waals surface area contributed by atoms with Crippen molar-refractivity contribution < 1.29 is 14.7 Å². The van der Waals surface area contributed by atoms with Gasteiger partial charge in [0.25, 0.3) is 12.4 Å². The molecule has 4 heterocycles. The van der Waals surface area contributed by atoms with Crippen molar-refractivity contribution in [1.29, 1.82) is 0 Å². The van der Waals surface area contributed by atoms with Crippen molar-refractivity contribution in [3.05, 3.63) is 36.0 Å². The van der Waals surface area contributed by atoms with Crippen LogP contribution in [0.25, 0.3) is 10.9 Å². The third-order valence-electron chi connectivity index (χ3n) is 5.40. The van der Waals surface area contributed by atoms with Gasteiger partial charge in [0.2, 0.25) is 0 Å². The number of nitrogens with zero attached hydrogens (tertiary/aromatic N) is 3. The second-order valence-electron chi connectivity index (χ2n) is 7.02. The minimum Gasteiger partial charge on any atom is -0.483 e. The number of likely N-dealkylation sites (N-methyl/N-ethyl adjacent to an activating group) is 1. The summed E-state index contributed by atoms with van der Waals surface area (Å²) in [4.78, 5) is 26.0. The number of amides is 1. The van der Waals surface area contributed by atoms with Crippen molar-refractivity contribution in [2.45, 2.75) is 18.9 Å². The van der Waals surface area contributed by atoms with Gasteiger partial charge in [-0.3, -0.25) is 9.59 Å². The van der Waals surface area contributed by atoms with E-state index < -0.39 is 0 Å². The Morgan fingerprint density at radius 2 is 1.88 bits per heavy atom. The second kappa shape index (κ2) is 7.27. The van der Waals surface area contributed by atoms with Gasteiger partial charge in [0.15, 0.2) is 0 Å². The SMILES string of the molecule is CN1C[C@@H]2CC[C@H]1CN(C(=O)c1cn(C)c3ccccc13)C2.O=CO. The summed E-state index contributed by atoms with van der Waals surface area (Å²) in [6.45, 7) is 2.65. The van der Waals surface area contributed by atoms with Gasteiger partial charge in [-0.15, -0.1) is 0 Å². The fraction of sp³-hybridized carbons (Fsp3) is 0.474. The highest BCUT2D eigenvalue weighted by Gasteiger charge is 2.35. The van der Waals surface area contributed by atoms with Crippen molar-refractivity contribution in [1.82, 2.24) is 14.4 Å².